The number of nitrogens with zero attached hydrogens (tertiary/aromatic N) is 1. The van der Waals surface area contributed by atoms with Gasteiger partial charge in [-0.2, -0.15) is 0 Å². The van der Waals surface area contributed by atoms with Crippen molar-refractivity contribution in [3.63, 3.8) is 0 Å². The first-order valence-electron chi connectivity index (χ1n) is 6.11. The molecule has 0 aliphatic carbocycles. The van der Waals surface area contributed by atoms with Gasteiger partial charge in [0.2, 0.25) is 0 Å². The molecule has 1 aliphatic rings. The molecule has 0 amide bonds. The van der Waals surface area contributed by atoms with Crippen molar-refractivity contribution < 1.29 is 0 Å². The molecular formula is C12H26N2. The molecule has 0 saturated carbocycles. The van der Waals surface area contributed by atoms with Crippen molar-refractivity contribution in [2.45, 2.75) is 33.6 Å². The van der Waals surface area contributed by atoms with Crippen LogP contribution in [0.3, 0.4) is 0 Å². The van der Waals surface area contributed by atoms with Crippen LogP contribution >= 0.6 is 0 Å². The summed E-state index contributed by atoms with van der Waals surface area (Å²) < 4.78 is 0. The van der Waals surface area contributed by atoms with Crippen molar-refractivity contribution in [1.29, 1.82) is 0 Å². The third-order valence-electron chi connectivity index (χ3n) is 3.03. The number of piperidine rings is 1. The predicted molar refractivity (Wildman–Crippen MR) is 62.5 cm³/mol. The fourth-order valence-corrected chi connectivity index (χ4v) is 1.91. The van der Waals surface area contributed by atoms with Gasteiger partial charge in [-0.25, -0.2) is 0 Å². The Morgan fingerprint density at radius 3 is 2.50 bits per heavy atom. The van der Waals surface area contributed by atoms with Crippen molar-refractivity contribution in [2.75, 3.05) is 32.7 Å². The smallest absolute Gasteiger partial charge is 0.0107 e. The zero-order valence-corrected chi connectivity index (χ0v) is 10.1. The Balaban J connectivity index is 1.96. The van der Waals surface area contributed by atoms with E-state index in [4.69, 9.17) is 0 Å². The first kappa shape index (κ1) is 12.0. The molecule has 1 heterocycles. The predicted octanol–water partition coefficient (Wildman–Crippen LogP) is 1.96. The third-order valence-corrected chi connectivity index (χ3v) is 3.03. The van der Waals surface area contributed by atoms with Gasteiger partial charge < -0.3 is 10.2 Å². The van der Waals surface area contributed by atoms with E-state index < -0.39 is 0 Å². The lowest BCUT2D eigenvalue weighted by Gasteiger charge is -2.30. The summed E-state index contributed by atoms with van der Waals surface area (Å²) in [6, 6.07) is 0. The van der Waals surface area contributed by atoms with E-state index in [1.54, 1.807) is 0 Å². The molecule has 84 valence electrons. The Kier molecular flexibility index (Phi) is 5.49. The summed E-state index contributed by atoms with van der Waals surface area (Å²) in [6.07, 6.45) is 2.79. The lowest BCUT2D eigenvalue weighted by atomic mass is 9.99. The molecule has 1 saturated heterocycles. The van der Waals surface area contributed by atoms with Crippen LogP contribution in [0.2, 0.25) is 0 Å². The number of hydrogen-bond donors (Lipinski definition) is 1. The van der Waals surface area contributed by atoms with Gasteiger partial charge in [-0.1, -0.05) is 20.8 Å². The number of hydrogen-bond acceptors (Lipinski definition) is 2. The van der Waals surface area contributed by atoms with Crippen molar-refractivity contribution in [1.82, 2.24) is 10.2 Å². The monoisotopic (exact) mass is 198 g/mol. The Morgan fingerprint density at radius 1 is 1.29 bits per heavy atom. The number of nitrogens with one attached hydrogen (secondary N) is 1. The highest BCUT2D eigenvalue weighted by molar-refractivity contribution is 4.69. The van der Waals surface area contributed by atoms with Gasteiger partial charge in [-0.3, -0.25) is 0 Å². The topological polar surface area (TPSA) is 15.3 Å². The van der Waals surface area contributed by atoms with E-state index >= 15 is 0 Å². The SMILES string of the molecule is CC(C)CNCCN1CCC(C)CC1. The van der Waals surface area contributed by atoms with E-state index in [2.05, 4.69) is 31.0 Å². The molecule has 2 heteroatoms. The van der Waals surface area contributed by atoms with Gasteiger partial charge in [-0.05, 0) is 44.3 Å². The number of rotatable bonds is 5. The molecule has 0 atom stereocenters. The van der Waals surface area contributed by atoms with Crippen molar-refractivity contribution in [3.8, 4) is 0 Å². The van der Waals surface area contributed by atoms with Gasteiger partial charge in [0.1, 0.15) is 0 Å². The van der Waals surface area contributed by atoms with Crippen LogP contribution < -0.4 is 5.32 Å². The molecule has 2 nitrogen and oxygen atoms in total. The fraction of sp³-hybridized carbons (Fsp3) is 1.00. The molecule has 1 aliphatic heterocycles. The van der Waals surface area contributed by atoms with E-state index in [0.29, 0.717) is 0 Å². The van der Waals surface area contributed by atoms with E-state index in [-0.39, 0.29) is 0 Å². The average Bonchev–Trinajstić information content (AvgIpc) is 2.15. The second-order valence-electron chi connectivity index (χ2n) is 5.12. The highest BCUT2D eigenvalue weighted by Gasteiger charge is 2.14. The lowest BCUT2D eigenvalue weighted by molar-refractivity contribution is 0.192. The normalized spacial score (nSPS) is 20.6. The summed E-state index contributed by atoms with van der Waals surface area (Å²) in [7, 11) is 0. The highest BCUT2D eigenvalue weighted by Crippen LogP contribution is 2.14. The summed E-state index contributed by atoms with van der Waals surface area (Å²) in [6.45, 7) is 13.1. The van der Waals surface area contributed by atoms with Crippen molar-refractivity contribution in [2.24, 2.45) is 11.8 Å². The third kappa shape index (κ3) is 4.97. The Bertz CT molecular complexity index is 137. The van der Waals surface area contributed by atoms with Gasteiger partial charge in [0, 0.05) is 13.1 Å². The first-order valence-corrected chi connectivity index (χ1v) is 6.11. The fourth-order valence-electron chi connectivity index (χ4n) is 1.91. The summed E-state index contributed by atoms with van der Waals surface area (Å²) in [5, 5.41) is 3.50. The summed E-state index contributed by atoms with van der Waals surface area (Å²) in [5.41, 5.74) is 0. The number of likely N-dealkylation sites (tertiary alicyclic amines) is 1. The maximum atomic E-state index is 3.50. The van der Waals surface area contributed by atoms with Gasteiger partial charge in [0.05, 0.1) is 0 Å². The van der Waals surface area contributed by atoms with Crippen LogP contribution in [-0.4, -0.2) is 37.6 Å². The standard InChI is InChI=1S/C12H26N2/c1-11(2)10-13-6-9-14-7-4-12(3)5-8-14/h11-13H,4-10H2,1-3H3. The largest absolute Gasteiger partial charge is 0.315 e. The molecular weight excluding hydrogens is 172 g/mol. The molecule has 0 aromatic rings. The Hall–Kier alpha value is -0.0800. The van der Waals surface area contributed by atoms with Gasteiger partial charge in [0.15, 0.2) is 0 Å². The molecule has 14 heavy (non-hydrogen) atoms. The maximum Gasteiger partial charge on any atom is 0.0107 e. The van der Waals surface area contributed by atoms with Gasteiger partial charge in [0.25, 0.3) is 0 Å². The molecule has 0 radical (unpaired) electrons. The zero-order chi connectivity index (χ0) is 10.4. The van der Waals surface area contributed by atoms with Gasteiger partial charge in [-0.15, -0.1) is 0 Å². The molecule has 0 spiro atoms. The second kappa shape index (κ2) is 6.41. The molecule has 1 N–H and O–H groups in total. The molecule has 1 fully saturated rings. The first-order chi connectivity index (χ1) is 6.68. The van der Waals surface area contributed by atoms with Crippen LogP contribution in [0.5, 0.6) is 0 Å². The quantitative estimate of drug-likeness (QED) is 0.679. The summed E-state index contributed by atoms with van der Waals surface area (Å²) in [5.74, 6) is 1.73. The second-order valence-corrected chi connectivity index (χ2v) is 5.12. The molecule has 0 aromatic heterocycles. The Morgan fingerprint density at radius 2 is 1.93 bits per heavy atom. The van der Waals surface area contributed by atoms with E-state index in [1.165, 1.54) is 32.5 Å². The molecule has 1 rings (SSSR count). The minimum atomic E-state index is 0.774. The van der Waals surface area contributed by atoms with Crippen LogP contribution in [-0.2, 0) is 0 Å². The maximum absolute atomic E-state index is 3.50. The molecule has 0 unspecified atom stereocenters. The van der Waals surface area contributed by atoms with Crippen molar-refractivity contribution in [3.05, 3.63) is 0 Å². The average molecular weight is 198 g/mol. The Labute approximate surface area is 89.1 Å². The molecule has 0 bridgehead atoms. The summed E-state index contributed by atoms with van der Waals surface area (Å²) >= 11 is 0. The lowest BCUT2D eigenvalue weighted by Crippen LogP contribution is -2.38. The van der Waals surface area contributed by atoms with Crippen molar-refractivity contribution >= 4 is 0 Å². The van der Waals surface area contributed by atoms with E-state index in [1.807, 2.05) is 0 Å². The minimum Gasteiger partial charge on any atom is -0.315 e. The minimum absolute atomic E-state index is 0.774. The molecule has 0 aromatic carbocycles. The van der Waals surface area contributed by atoms with E-state index in [0.717, 1.165) is 24.9 Å². The zero-order valence-electron chi connectivity index (χ0n) is 10.1. The van der Waals surface area contributed by atoms with Gasteiger partial charge >= 0.3 is 0 Å². The van der Waals surface area contributed by atoms with Crippen LogP contribution in [0.1, 0.15) is 33.6 Å². The highest BCUT2D eigenvalue weighted by atomic mass is 15.1. The van der Waals surface area contributed by atoms with Crippen LogP contribution in [0.25, 0.3) is 0 Å². The van der Waals surface area contributed by atoms with E-state index in [9.17, 15) is 0 Å². The van der Waals surface area contributed by atoms with Crippen LogP contribution in [0, 0.1) is 11.8 Å². The van der Waals surface area contributed by atoms with Crippen LogP contribution in [0.15, 0.2) is 0 Å². The van der Waals surface area contributed by atoms with Crippen LogP contribution in [0.4, 0.5) is 0 Å². The summed E-state index contributed by atoms with van der Waals surface area (Å²) in [4.78, 5) is 2.59.